The second kappa shape index (κ2) is 4.61. The van der Waals surface area contributed by atoms with Crippen molar-refractivity contribution in [1.82, 2.24) is 0 Å². The van der Waals surface area contributed by atoms with Crippen LogP contribution in [0, 0.1) is 0 Å². The van der Waals surface area contributed by atoms with Crippen LogP contribution in [-0.4, -0.2) is 12.9 Å². The van der Waals surface area contributed by atoms with Crippen LogP contribution in [0.5, 0.6) is 11.5 Å². The minimum atomic E-state index is -0.142. The van der Waals surface area contributed by atoms with Crippen molar-refractivity contribution in [3.8, 4) is 11.5 Å². The Kier molecular flexibility index (Phi) is 2.80. The van der Waals surface area contributed by atoms with Gasteiger partial charge in [0, 0.05) is 0 Å². The maximum Gasteiger partial charge on any atom is 0.235 e. The van der Waals surface area contributed by atoms with Crippen molar-refractivity contribution in [2.75, 3.05) is 7.11 Å². The molecule has 0 radical (unpaired) electrons. The van der Waals surface area contributed by atoms with Gasteiger partial charge in [0.15, 0.2) is 5.76 Å². The van der Waals surface area contributed by atoms with E-state index in [4.69, 9.17) is 9.47 Å². The molecule has 0 saturated heterocycles. The Labute approximate surface area is 111 Å². The third kappa shape index (κ3) is 1.99. The van der Waals surface area contributed by atoms with E-state index < -0.39 is 0 Å². The number of rotatable bonds is 2. The van der Waals surface area contributed by atoms with Gasteiger partial charge in [-0.25, -0.2) is 0 Å². The fourth-order valence-corrected chi connectivity index (χ4v) is 2.07. The number of fused-ring (bicyclic) bond motifs is 1. The first-order chi connectivity index (χ1) is 9.29. The summed E-state index contributed by atoms with van der Waals surface area (Å²) in [6.45, 7) is 0. The molecule has 0 unspecified atom stereocenters. The molecule has 3 nitrogen and oxygen atoms in total. The number of carbonyl (C=O) groups is 1. The van der Waals surface area contributed by atoms with Gasteiger partial charge in [-0.2, -0.15) is 0 Å². The monoisotopic (exact) mass is 252 g/mol. The van der Waals surface area contributed by atoms with E-state index in [1.807, 2.05) is 30.3 Å². The van der Waals surface area contributed by atoms with Crippen molar-refractivity contribution in [3.63, 3.8) is 0 Å². The molecule has 1 heterocycles. The van der Waals surface area contributed by atoms with Gasteiger partial charge in [0.2, 0.25) is 5.78 Å². The van der Waals surface area contributed by atoms with E-state index >= 15 is 0 Å². The average molecular weight is 252 g/mol. The predicted molar refractivity (Wildman–Crippen MR) is 72.4 cm³/mol. The van der Waals surface area contributed by atoms with Crippen molar-refractivity contribution in [2.24, 2.45) is 0 Å². The molecule has 19 heavy (non-hydrogen) atoms. The first-order valence-corrected chi connectivity index (χ1v) is 5.96. The zero-order chi connectivity index (χ0) is 13.2. The Morgan fingerprint density at radius 2 is 1.84 bits per heavy atom. The fraction of sp³-hybridized carbons (Fsp3) is 0.0625. The van der Waals surface area contributed by atoms with Crippen molar-refractivity contribution >= 4 is 11.9 Å². The minimum Gasteiger partial charge on any atom is -0.496 e. The smallest absolute Gasteiger partial charge is 0.235 e. The maximum atomic E-state index is 12.3. The van der Waals surface area contributed by atoms with Crippen LogP contribution in [0.25, 0.3) is 6.08 Å². The number of methoxy groups -OCH3 is 1. The van der Waals surface area contributed by atoms with E-state index in [1.54, 1.807) is 31.4 Å². The zero-order valence-electron chi connectivity index (χ0n) is 10.4. The summed E-state index contributed by atoms with van der Waals surface area (Å²) in [5.74, 6) is 1.27. The van der Waals surface area contributed by atoms with Crippen LogP contribution in [0.1, 0.15) is 15.9 Å². The van der Waals surface area contributed by atoms with Gasteiger partial charge in [0.05, 0.1) is 7.11 Å². The number of allylic oxidation sites excluding steroid dienone is 1. The van der Waals surface area contributed by atoms with Gasteiger partial charge in [-0.3, -0.25) is 4.79 Å². The summed E-state index contributed by atoms with van der Waals surface area (Å²) in [7, 11) is 1.54. The van der Waals surface area contributed by atoms with Crippen molar-refractivity contribution in [3.05, 3.63) is 65.4 Å². The molecule has 0 atom stereocenters. The normalized spacial score (nSPS) is 15.2. The molecule has 94 valence electrons. The molecule has 0 bridgehead atoms. The number of hydrogen-bond donors (Lipinski definition) is 0. The van der Waals surface area contributed by atoms with Gasteiger partial charge in [0.25, 0.3) is 0 Å². The summed E-state index contributed by atoms with van der Waals surface area (Å²) in [5, 5.41) is 0. The maximum absolute atomic E-state index is 12.3. The molecule has 2 aromatic carbocycles. The van der Waals surface area contributed by atoms with Crippen LogP contribution in [0.2, 0.25) is 0 Å². The van der Waals surface area contributed by atoms with Gasteiger partial charge in [-0.15, -0.1) is 0 Å². The van der Waals surface area contributed by atoms with Gasteiger partial charge < -0.3 is 9.47 Å². The highest BCUT2D eigenvalue weighted by Gasteiger charge is 2.30. The van der Waals surface area contributed by atoms with Crippen LogP contribution in [0.3, 0.4) is 0 Å². The summed E-state index contributed by atoms with van der Waals surface area (Å²) in [6.07, 6.45) is 1.74. The lowest BCUT2D eigenvalue weighted by molar-refractivity contribution is 0.101. The predicted octanol–water partition coefficient (Wildman–Crippen LogP) is 3.31. The highest BCUT2D eigenvalue weighted by molar-refractivity contribution is 6.16. The Hall–Kier alpha value is -2.55. The second-order valence-corrected chi connectivity index (χ2v) is 4.18. The molecule has 0 aliphatic carbocycles. The minimum absolute atomic E-state index is 0.142. The van der Waals surface area contributed by atoms with E-state index in [0.29, 0.717) is 22.8 Å². The summed E-state index contributed by atoms with van der Waals surface area (Å²) in [6, 6.07) is 14.9. The second-order valence-electron chi connectivity index (χ2n) is 4.18. The molecule has 0 aromatic heterocycles. The van der Waals surface area contributed by atoms with Crippen LogP contribution in [-0.2, 0) is 0 Å². The first kappa shape index (κ1) is 11.5. The van der Waals surface area contributed by atoms with Gasteiger partial charge >= 0.3 is 0 Å². The molecule has 0 amide bonds. The van der Waals surface area contributed by atoms with E-state index in [0.717, 1.165) is 5.56 Å². The van der Waals surface area contributed by atoms with Crippen molar-refractivity contribution in [2.45, 2.75) is 0 Å². The Morgan fingerprint density at radius 3 is 2.58 bits per heavy atom. The van der Waals surface area contributed by atoms with Gasteiger partial charge in [-0.05, 0) is 23.8 Å². The number of hydrogen-bond acceptors (Lipinski definition) is 3. The summed E-state index contributed by atoms with van der Waals surface area (Å²) in [4.78, 5) is 12.3. The number of ether oxygens (including phenoxy) is 2. The molecule has 0 saturated carbocycles. The lowest BCUT2D eigenvalue weighted by atomic mass is 10.1. The molecule has 3 heteroatoms. The number of benzene rings is 2. The lowest BCUT2D eigenvalue weighted by Crippen LogP contribution is -1.99. The van der Waals surface area contributed by atoms with Crippen LogP contribution < -0.4 is 9.47 Å². The van der Waals surface area contributed by atoms with E-state index in [2.05, 4.69) is 0 Å². The fourth-order valence-electron chi connectivity index (χ4n) is 2.07. The molecule has 2 aromatic rings. The molecule has 0 fully saturated rings. The Bertz CT molecular complexity index is 657. The van der Waals surface area contributed by atoms with E-state index in [-0.39, 0.29) is 5.78 Å². The standard InChI is InChI=1S/C16H12O3/c1-18-12-8-5-9-13-15(12)16(17)14(19-13)10-11-6-3-2-4-7-11/h2-10H,1H3/b14-10+. The largest absolute Gasteiger partial charge is 0.496 e. The van der Waals surface area contributed by atoms with Gasteiger partial charge in [-0.1, -0.05) is 36.4 Å². The molecular weight excluding hydrogens is 240 g/mol. The summed E-state index contributed by atoms with van der Waals surface area (Å²) < 4.78 is 10.8. The molecular formula is C16H12O3. The van der Waals surface area contributed by atoms with Crippen LogP contribution in [0.4, 0.5) is 0 Å². The quantitative estimate of drug-likeness (QED) is 0.769. The molecule has 1 aliphatic rings. The highest BCUT2D eigenvalue weighted by atomic mass is 16.5. The molecule has 3 rings (SSSR count). The average Bonchev–Trinajstić information content (AvgIpc) is 2.77. The van der Waals surface area contributed by atoms with Crippen LogP contribution >= 0.6 is 0 Å². The number of Topliss-reactive ketones (excluding diaryl/α,β-unsaturated/α-hetero) is 1. The summed E-state index contributed by atoms with van der Waals surface area (Å²) in [5.41, 5.74) is 1.42. The van der Waals surface area contributed by atoms with E-state index in [1.165, 1.54) is 0 Å². The van der Waals surface area contributed by atoms with Crippen molar-refractivity contribution < 1.29 is 14.3 Å². The topological polar surface area (TPSA) is 35.5 Å². The first-order valence-electron chi connectivity index (χ1n) is 5.96. The lowest BCUT2D eigenvalue weighted by Gasteiger charge is -2.02. The van der Waals surface area contributed by atoms with Crippen molar-refractivity contribution in [1.29, 1.82) is 0 Å². The Morgan fingerprint density at radius 1 is 1.05 bits per heavy atom. The SMILES string of the molecule is COc1cccc2c1C(=O)/C(=C\c1ccccc1)O2. The molecule has 1 aliphatic heterocycles. The van der Waals surface area contributed by atoms with Crippen LogP contribution in [0.15, 0.2) is 54.3 Å². The third-order valence-corrected chi connectivity index (χ3v) is 2.98. The highest BCUT2D eigenvalue weighted by Crippen LogP contribution is 2.37. The Balaban J connectivity index is 2.02. The molecule has 0 N–H and O–H groups in total. The summed E-state index contributed by atoms with van der Waals surface area (Å²) >= 11 is 0. The van der Waals surface area contributed by atoms with E-state index in [9.17, 15) is 4.79 Å². The third-order valence-electron chi connectivity index (χ3n) is 2.98. The molecule has 0 spiro atoms. The number of carbonyl (C=O) groups excluding carboxylic acids is 1. The van der Waals surface area contributed by atoms with Gasteiger partial charge in [0.1, 0.15) is 17.1 Å². The number of ketones is 1. The zero-order valence-corrected chi connectivity index (χ0v) is 10.4.